The van der Waals surface area contributed by atoms with E-state index in [-0.39, 0.29) is 5.78 Å². The number of hydrogen-bond donors (Lipinski definition) is 0. The first-order valence-corrected chi connectivity index (χ1v) is 6.49. The van der Waals surface area contributed by atoms with E-state index in [0.29, 0.717) is 5.02 Å². The van der Waals surface area contributed by atoms with Crippen molar-refractivity contribution >= 4 is 23.5 Å². The summed E-state index contributed by atoms with van der Waals surface area (Å²) < 4.78 is 0. The van der Waals surface area contributed by atoms with Crippen LogP contribution in [0.3, 0.4) is 0 Å². The highest BCUT2D eigenvalue weighted by atomic mass is 35.5. The van der Waals surface area contributed by atoms with Crippen LogP contribution < -0.4 is 0 Å². The van der Waals surface area contributed by atoms with Crippen molar-refractivity contribution in [2.45, 2.75) is 13.8 Å². The Balaban J connectivity index is 2.18. The lowest BCUT2D eigenvalue weighted by Crippen LogP contribution is -1.97. The zero-order chi connectivity index (χ0) is 13.8. The lowest BCUT2D eigenvalue weighted by atomic mass is 10.0. The molecule has 0 N–H and O–H groups in total. The summed E-state index contributed by atoms with van der Waals surface area (Å²) in [6.07, 6.45) is 3.40. The van der Waals surface area contributed by atoms with E-state index in [1.807, 2.05) is 56.3 Å². The maximum absolute atomic E-state index is 12.1. The summed E-state index contributed by atoms with van der Waals surface area (Å²) in [5.41, 5.74) is 3.87. The minimum Gasteiger partial charge on any atom is -0.289 e. The summed E-state index contributed by atoms with van der Waals surface area (Å²) in [7, 11) is 0. The van der Waals surface area contributed by atoms with Gasteiger partial charge in [-0.05, 0) is 43.2 Å². The van der Waals surface area contributed by atoms with Gasteiger partial charge in [0.1, 0.15) is 0 Å². The summed E-state index contributed by atoms with van der Waals surface area (Å²) >= 11 is 5.81. The topological polar surface area (TPSA) is 17.1 Å². The number of rotatable bonds is 3. The molecule has 0 aromatic heterocycles. The second-order valence-electron chi connectivity index (χ2n) is 4.57. The molecule has 1 nitrogen and oxygen atoms in total. The number of halogens is 1. The Morgan fingerprint density at radius 1 is 1.05 bits per heavy atom. The third-order valence-electron chi connectivity index (χ3n) is 2.94. The van der Waals surface area contributed by atoms with Crippen LogP contribution in [0.5, 0.6) is 0 Å². The minimum absolute atomic E-state index is 0.0208. The molecule has 0 amide bonds. The van der Waals surface area contributed by atoms with Gasteiger partial charge in [0, 0.05) is 10.6 Å². The summed E-state index contributed by atoms with van der Waals surface area (Å²) in [5.74, 6) is 0.0208. The van der Waals surface area contributed by atoms with E-state index >= 15 is 0 Å². The largest absolute Gasteiger partial charge is 0.289 e. The van der Waals surface area contributed by atoms with Crippen molar-refractivity contribution in [2.24, 2.45) is 0 Å². The van der Waals surface area contributed by atoms with E-state index < -0.39 is 0 Å². The summed E-state index contributed by atoms with van der Waals surface area (Å²) in [4.78, 5) is 12.1. The van der Waals surface area contributed by atoms with Crippen molar-refractivity contribution in [1.29, 1.82) is 0 Å². The van der Waals surface area contributed by atoms with Gasteiger partial charge in [-0.1, -0.05) is 53.6 Å². The molecule has 0 aliphatic carbocycles. The Hall–Kier alpha value is -1.86. The van der Waals surface area contributed by atoms with Gasteiger partial charge >= 0.3 is 0 Å². The fourth-order valence-electron chi connectivity index (χ4n) is 1.93. The Morgan fingerprint density at radius 3 is 2.37 bits per heavy atom. The second-order valence-corrected chi connectivity index (χ2v) is 5.00. The second kappa shape index (κ2) is 5.85. The van der Waals surface area contributed by atoms with Gasteiger partial charge in [0.05, 0.1) is 0 Å². The SMILES string of the molecule is Cc1ccc(C(=O)/C=C\c2ccc(Cl)cc2)c(C)c1. The van der Waals surface area contributed by atoms with Gasteiger partial charge in [-0.25, -0.2) is 0 Å². The average molecular weight is 271 g/mol. The van der Waals surface area contributed by atoms with Gasteiger partial charge in [0.25, 0.3) is 0 Å². The van der Waals surface area contributed by atoms with E-state index in [0.717, 1.165) is 22.3 Å². The number of aryl methyl sites for hydroxylation is 2. The Bertz CT molecular complexity index is 624. The van der Waals surface area contributed by atoms with Crippen molar-refractivity contribution in [3.63, 3.8) is 0 Å². The molecule has 0 fully saturated rings. The zero-order valence-corrected chi connectivity index (χ0v) is 11.7. The fraction of sp³-hybridized carbons (Fsp3) is 0.118. The minimum atomic E-state index is 0.0208. The lowest BCUT2D eigenvalue weighted by molar-refractivity contribution is 0.104. The van der Waals surface area contributed by atoms with E-state index in [9.17, 15) is 4.79 Å². The highest BCUT2D eigenvalue weighted by Gasteiger charge is 2.05. The number of hydrogen-bond acceptors (Lipinski definition) is 1. The average Bonchev–Trinajstić information content (AvgIpc) is 2.37. The maximum Gasteiger partial charge on any atom is 0.186 e. The van der Waals surface area contributed by atoms with Crippen LogP contribution in [0.25, 0.3) is 6.08 Å². The molecular formula is C17H15ClO. The molecule has 0 saturated carbocycles. The van der Waals surface area contributed by atoms with Gasteiger partial charge in [-0.2, -0.15) is 0 Å². The van der Waals surface area contributed by atoms with Crippen LogP contribution in [-0.4, -0.2) is 5.78 Å². The van der Waals surface area contributed by atoms with Crippen molar-refractivity contribution < 1.29 is 4.79 Å². The molecule has 0 saturated heterocycles. The highest BCUT2D eigenvalue weighted by molar-refractivity contribution is 6.30. The van der Waals surface area contributed by atoms with Crippen LogP contribution in [0, 0.1) is 13.8 Å². The summed E-state index contributed by atoms with van der Waals surface area (Å²) in [5, 5.41) is 0.692. The fourth-order valence-corrected chi connectivity index (χ4v) is 2.05. The predicted octanol–water partition coefficient (Wildman–Crippen LogP) is 4.85. The molecule has 0 aliphatic heterocycles. The third-order valence-corrected chi connectivity index (χ3v) is 3.20. The Kier molecular flexibility index (Phi) is 4.18. The number of carbonyl (C=O) groups is 1. The maximum atomic E-state index is 12.1. The van der Waals surface area contributed by atoms with E-state index in [1.54, 1.807) is 12.2 Å². The van der Waals surface area contributed by atoms with Crippen LogP contribution in [0.15, 0.2) is 48.5 Å². The Morgan fingerprint density at radius 2 is 1.74 bits per heavy atom. The highest BCUT2D eigenvalue weighted by Crippen LogP contribution is 2.14. The van der Waals surface area contributed by atoms with Crippen LogP contribution in [0.4, 0.5) is 0 Å². The van der Waals surface area contributed by atoms with Crippen LogP contribution in [0.2, 0.25) is 5.02 Å². The van der Waals surface area contributed by atoms with Gasteiger partial charge in [0.15, 0.2) is 5.78 Å². The van der Waals surface area contributed by atoms with E-state index in [2.05, 4.69) is 0 Å². The van der Waals surface area contributed by atoms with E-state index in [1.165, 1.54) is 0 Å². The summed E-state index contributed by atoms with van der Waals surface area (Å²) in [6, 6.07) is 13.2. The number of ketones is 1. The van der Waals surface area contributed by atoms with Crippen molar-refractivity contribution in [1.82, 2.24) is 0 Å². The van der Waals surface area contributed by atoms with Gasteiger partial charge < -0.3 is 0 Å². The predicted molar refractivity (Wildman–Crippen MR) is 80.7 cm³/mol. The van der Waals surface area contributed by atoms with Gasteiger partial charge in [0.2, 0.25) is 0 Å². The molecule has 0 unspecified atom stereocenters. The number of allylic oxidation sites excluding steroid dienone is 1. The standard InChI is InChI=1S/C17H15ClO/c1-12-3-9-16(13(2)11-12)17(19)10-6-14-4-7-15(18)8-5-14/h3-11H,1-2H3/b10-6-. The zero-order valence-electron chi connectivity index (χ0n) is 11.0. The van der Waals surface area contributed by atoms with Crippen LogP contribution >= 0.6 is 11.6 Å². The quantitative estimate of drug-likeness (QED) is 0.575. The molecule has 0 radical (unpaired) electrons. The molecule has 0 atom stereocenters. The monoisotopic (exact) mass is 270 g/mol. The number of benzene rings is 2. The summed E-state index contributed by atoms with van der Waals surface area (Å²) in [6.45, 7) is 3.97. The molecule has 2 heteroatoms. The molecule has 2 rings (SSSR count). The number of carbonyl (C=O) groups excluding carboxylic acids is 1. The normalized spacial score (nSPS) is 10.9. The molecule has 19 heavy (non-hydrogen) atoms. The smallest absolute Gasteiger partial charge is 0.186 e. The molecule has 2 aromatic carbocycles. The van der Waals surface area contributed by atoms with Crippen LogP contribution in [-0.2, 0) is 0 Å². The molecule has 0 aliphatic rings. The first-order chi connectivity index (χ1) is 9.06. The first kappa shape index (κ1) is 13.6. The molecule has 2 aromatic rings. The van der Waals surface area contributed by atoms with Crippen molar-refractivity contribution in [2.75, 3.05) is 0 Å². The molecule has 0 spiro atoms. The molecule has 96 valence electrons. The van der Waals surface area contributed by atoms with Gasteiger partial charge in [-0.3, -0.25) is 4.79 Å². The molecular weight excluding hydrogens is 256 g/mol. The van der Waals surface area contributed by atoms with Crippen LogP contribution in [0.1, 0.15) is 27.0 Å². The molecule has 0 heterocycles. The van der Waals surface area contributed by atoms with E-state index in [4.69, 9.17) is 11.6 Å². The van der Waals surface area contributed by atoms with Crippen molar-refractivity contribution in [3.8, 4) is 0 Å². The Labute approximate surface area is 118 Å². The first-order valence-electron chi connectivity index (χ1n) is 6.11. The third kappa shape index (κ3) is 3.55. The van der Waals surface area contributed by atoms with Gasteiger partial charge in [-0.15, -0.1) is 0 Å². The van der Waals surface area contributed by atoms with Crippen molar-refractivity contribution in [3.05, 3.63) is 75.8 Å². The lowest BCUT2D eigenvalue weighted by Gasteiger charge is -2.02. The molecule has 0 bridgehead atoms.